The third-order valence-corrected chi connectivity index (χ3v) is 6.71. The lowest BCUT2D eigenvalue weighted by atomic mass is 10.0. The number of carbonyl (C=O) groups is 2. The first-order valence-electron chi connectivity index (χ1n) is 9.53. The van der Waals surface area contributed by atoms with E-state index in [0.717, 1.165) is 4.31 Å². The summed E-state index contributed by atoms with van der Waals surface area (Å²) in [5.74, 6) is -1.60. The molecule has 0 aromatic heterocycles. The standard InChI is InChI=1S/C22H20Cl2N2O5S/c1-13(2)25-22(29)20-5-3-4-14-8-17(6-7-19(14)20)26(12-21(27)28)32(30,31)18-10-15(23)9-16(24)11-18/h3-11,13H,12H2,1-2H3,(H,25,29)(H,27,28). The number of carboxylic acids is 1. The predicted molar refractivity (Wildman–Crippen MR) is 125 cm³/mol. The van der Waals surface area contributed by atoms with E-state index in [0.29, 0.717) is 16.3 Å². The van der Waals surface area contributed by atoms with Gasteiger partial charge in [0.25, 0.3) is 15.9 Å². The Morgan fingerprint density at radius 2 is 1.69 bits per heavy atom. The van der Waals surface area contributed by atoms with Crippen molar-refractivity contribution in [2.45, 2.75) is 24.8 Å². The molecule has 168 valence electrons. The molecule has 0 heterocycles. The van der Waals surface area contributed by atoms with Crippen LogP contribution < -0.4 is 9.62 Å². The Bertz CT molecular complexity index is 1290. The van der Waals surface area contributed by atoms with Crippen molar-refractivity contribution in [1.29, 1.82) is 0 Å². The number of hydrogen-bond acceptors (Lipinski definition) is 4. The van der Waals surface area contributed by atoms with Crippen molar-refractivity contribution in [3.63, 3.8) is 0 Å². The Morgan fingerprint density at radius 1 is 1.03 bits per heavy atom. The minimum absolute atomic E-state index is 0.0576. The molecule has 0 spiro atoms. The summed E-state index contributed by atoms with van der Waals surface area (Å²) in [4.78, 5) is 23.8. The first-order chi connectivity index (χ1) is 15.0. The highest BCUT2D eigenvalue weighted by Crippen LogP contribution is 2.31. The molecule has 3 aromatic rings. The molecule has 0 bridgehead atoms. The molecule has 0 atom stereocenters. The summed E-state index contributed by atoms with van der Waals surface area (Å²) in [5, 5.41) is 13.6. The van der Waals surface area contributed by atoms with E-state index in [1.165, 1.54) is 30.3 Å². The SMILES string of the molecule is CC(C)NC(=O)c1cccc2cc(N(CC(=O)O)S(=O)(=O)c3cc(Cl)cc(Cl)c3)ccc12. The molecule has 3 rings (SSSR count). The van der Waals surface area contributed by atoms with E-state index in [2.05, 4.69) is 5.32 Å². The van der Waals surface area contributed by atoms with Crippen molar-refractivity contribution < 1.29 is 23.1 Å². The van der Waals surface area contributed by atoms with Crippen molar-refractivity contribution in [3.05, 3.63) is 70.2 Å². The molecule has 10 heteroatoms. The number of rotatable bonds is 7. The third-order valence-electron chi connectivity index (χ3n) is 4.52. The summed E-state index contributed by atoms with van der Waals surface area (Å²) in [6.45, 7) is 2.88. The van der Waals surface area contributed by atoms with E-state index in [4.69, 9.17) is 23.2 Å². The van der Waals surface area contributed by atoms with E-state index in [1.807, 2.05) is 13.8 Å². The van der Waals surface area contributed by atoms with Gasteiger partial charge in [0.05, 0.1) is 10.6 Å². The fraction of sp³-hybridized carbons (Fsp3) is 0.182. The normalized spacial score (nSPS) is 11.5. The summed E-state index contributed by atoms with van der Waals surface area (Å²) >= 11 is 11.9. The lowest BCUT2D eigenvalue weighted by Gasteiger charge is -2.23. The molecule has 0 unspecified atom stereocenters. The Labute approximate surface area is 195 Å². The number of aliphatic carboxylic acids is 1. The van der Waals surface area contributed by atoms with E-state index in [-0.39, 0.29) is 32.6 Å². The van der Waals surface area contributed by atoms with Crippen LogP contribution in [0.5, 0.6) is 0 Å². The summed E-state index contributed by atoms with van der Waals surface area (Å²) in [5.41, 5.74) is 0.550. The van der Waals surface area contributed by atoms with Gasteiger partial charge in [-0.25, -0.2) is 8.42 Å². The smallest absolute Gasteiger partial charge is 0.324 e. The number of carbonyl (C=O) groups excluding carboxylic acids is 1. The molecular formula is C22H20Cl2N2O5S. The van der Waals surface area contributed by atoms with Gasteiger partial charge < -0.3 is 10.4 Å². The number of benzene rings is 3. The van der Waals surface area contributed by atoms with Crippen LogP contribution in [0, 0.1) is 0 Å². The highest BCUT2D eigenvalue weighted by molar-refractivity contribution is 7.92. The second kappa shape index (κ2) is 9.36. The number of nitrogens with zero attached hydrogens (tertiary/aromatic N) is 1. The summed E-state index contributed by atoms with van der Waals surface area (Å²) in [6.07, 6.45) is 0. The van der Waals surface area contributed by atoms with Gasteiger partial charge in [0.1, 0.15) is 6.54 Å². The van der Waals surface area contributed by atoms with Crippen molar-refractivity contribution in [2.75, 3.05) is 10.8 Å². The molecule has 1 amide bonds. The maximum Gasteiger partial charge on any atom is 0.324 e. The zero-order valence-electron chi connectivity index (χ0n) is 17.2. The number of carboxylic acid groups (broad SMARTS) is 1. The number of amides is 1. The van der Waals surface area contributed by atoms with Gasteiger partial charge in [-0.15, -0.1) is 0 Å². The highest BCUT2D eigenvalue weighted by Gasteiger charge is 2.28. The van der Waals surface area contributed by atoms with Crippen LogP contribution in [0.1, 0.15) is 24.2 Å². The zero-order chi connectivity index (χ0) is 23.6. The van der Waals surface area contributed by atoms with Gasteiger partial charge in [0.2, 0.25) is 0 Å². The van der Waals surface area contributed by atoms with Gasteiger partial charge in [-0.2, -0.15) is 0 Å². The number of halogens is 2. The van der Waals surface area contributed by atoms with Crippen LogP contribution in [0.25, 0.3) is 10.8 Å². The molecule has 0 saturated carbocycles. The second-order valence-corrected chi connectivity index (χ2v) is 10.1. The van der Waals surface area contributed by atoms with Gasteiger partial charge in [0.15, 0.2) is 0 Å². The minimum atomic E-state index is -4.30. The molecule has 0 fully saturated rings. The average molecular weight is 495 g/mol. The Hall–Kier alpha value is -2.81. The average Bonchev–Trinajstić information content (AvgIpc) is 2.69. The van der Waals surface area contributed by atoms with Crippen molar-refractivity contribution in [3.8, 4) is 0 Å². The largest absolute Gasteiger partial charge is 0.480 e. The van der Waals surface area contributed by atoms with E-state index >= 15 is 0 Å². The molecule has 0 aliphatic heterocycles. The lowest BCUT2D eigenvalue weighted by molar-refractivity contribution is -0.135. The number of fused-ring (bicyclic) bond motifs is 1. The van der Waals surface area contributed by atoms with Crippen molar-refractivity contribution >= 4 is 61.6 Å². The summed E-state index contributed by atoms with van der Waals surface area (Å²) in [6, 6.07) is 13.4. The molecule has 0 saturated heterocycles. The predicted octanol–water partition coefficient (Wildman–Crippen LogP) is 4.56. The number of anilines is 1. The fourth-order valence-corrected chi connectivity index (χ4v) is 5.34. The molecule has 32 heavy (non-hydrogen) atoms. The summed E-state index contributed by atoms with van der Waals surface area (Å²) in [7, 11) is -4.30. The number of hydrogen-bond donors (Lipinski definition) is 2. The Kier molecular flexibility index (Phi) is 6.97. The van der Waals surface area contributed by atoms with Crippen LogP contribution in [0.4, 0.5) is 5.69 Å². The second-order valence-electron chi connectivity index (χ2n) is 7.35. The van der Waals surface area contributed by atoms with Crippen molar-refractivity contribution in [2.24, 2.45) is 0 Å². The minimum Gasteiger partial charge on any atom is -0.480 e. The van der Waals surface area contributed by atoms with Gasteiger partial charge in [0, 0.05) is 21.7 Å². The van der Waals surface area contributed by atoms with Gasteiger partial charge in [-0.3, -0.25) is 13.9 Å². The monoisotopic (exact) mass is 494 g/mol. The molecule has 7 nitrogen and oxygen atoms in total. The van der Waals surface area contributed by atoms with Gasteiger partial charge >= 0.3 is 5.97 Å². The van der Waals surface area contributed by atoms with Crippen molar-refractivity contribution in [1.82, 2.24) is 5.32 Å². The fourth-order valence-electron chi connectivity index (χ4n) is 3.21. The van der Waals surface area contributed by atoms with E-state index in [1.54, 1.807) is 24.3 Å². The quantitative estimate of drug-likeness (QED) is 0.500. The van der Waals surface area contributed by atoms with E-state index < -0.39 is 22.5 Å². The van der Waals surface area contributed by atoms with Crippen LogP contribution >= 0.6 is 23.2 Å². The molecule has 3 aromatic carbocycles. The van der Waals surface area contributed by atoms with Crippen LogP contribution in [-0.2, 0) is 14.8 Å². The molecule has 2 N–H and O–H groups in total. The van der Waals surface area contributed by atoms with Crippen LogP contribution in [0.15, 0.2) is 59.5 Å². The molecular weight excluding hydrogens is 475 g/mol. The molecule has 0 radical (unpaired) electrons. The highest BCUT2D eigenvalue weighted by atomic mass is 35.5. The Balaban J connectivity index is 2.13. The topological polar surface area (TPSA) is 104 Å². The molecule has 0 aliphatic carbocycles. The summed E-state index contributed by atoms with van der Waals surface area (Å²) < 4.78 is 27.3. The van der Waals surface area contributed by atoms with Crippen LogP contribution in [0.2, 0.25) is 10.0 Å². The third kappa shape index (κ3) is 5.15. The maximum absolute atomic E-state index is 13.3. The molecule has 0 aliphatic rings. The first kappa shape index (κ1) is 23.8. The van der Waals surface area contributed by atoms with Gasteiger partial charge in [-0.05, 0) is 61.0 Å². The maximum atomic E-state index is 13.3. The lowest BCUT2D eigenvalue weighted by Crippen LogP contribution is -2.35. The first-order valence-corrected chi connectivity index (χ1v) is 11.7. The van der Waals surface area contributed by atoms with Crippen LogP contribution in [-0.4, -0.2) is 38.0 Å². The van der Waals surface area contributed by atoms with Gasteiger partial charge in [-0.1, -0.05) is 41.4 Å². The number of sulfonamides is 1. The Morgan fingerprint density at radius 3 is 2.28 bits per heavy atom. The van der Waals surface area contributed by atoms with E-state index in [9.17, 15) is 23.1 Å². The van der Waals surface area contributed by atoms with Crippen LogP contribution in [0.3, 0.4) is 0 Å². The zero-order valence-corrected chi connectivity index (χ0v) is 19.5. The number of nitrogens with one attached hydrogen (secondary N) is 1.